The maximum absolute atomic E-state index is 11.7. The third-order valence-electron chi connectivity index (χ3n) is 1.20. The summed E-state index contributed by atoms with van der Waals surface area (Å²) in [5.74, 6) is 0.0535. The minimum absolute atomic E-state index is 0.0535. The Balaban J connectivity index is 2.50. The maximum Gasteiger partial charge on any atom is 0.279 e. The van der Waals surface area contributed by atoms with E-state index in [1.807, 2.05) is 0 Å². The first kappa shape index (κ1) is 8.89. The van der Waals surface area contributed by atoms with Crippen LogP contribution in [0.4, 0.5) is 8.78 Å². The highest BCUT2D eigenvalue weighted by Crippen LogP contribution is 2.13. The van der Waals surface area contributed by atoms with E-state index in [-0.39, 0.29) is 5.88 Å². The Labute approximate surface area is 67.5 Å². The number of aromatic nitrogens is 2. The van der Waals surface area contributed by atoms with Gasteiger partial charge in [-0.15, -0.1) is 0 Å². The number of hydrogen-bond donors (Lipinski definition) is 0. The van der Waals surface area contributed by atoms with Gasteiger partial charge in [0, 0.05) is 0 Å². The molecule has 0 aliphatic rings. The number of rotatable bonds is 4. The summed E-state index contributed by atoms with van der Waals surface area (Å²) >= 11 is 0. The lowest BCUT2D eigenvalue weighted by Gasteiger charge is -2.00. The molecule has 12 heavy (non-hydrogen) atoms. The van der Waals surface area contributed by atoms with Crippen LogP contribution in [-0.2, 0) is 6.42 Å². The van der Waals surface area contributed by atoms with E-state index in [1.165, 1.54) is 0 Å². The van der Waals surface area contributed by atoms with E-state index in [0.717, 1.165) is 0 Å². The van der Waals surface area contributed by atoms with Gasteiger partial charge in [-0.05, 0) is 11.6 Å². The van der Waals surface area contributed by atoms with Crippen molar-refractivity contribution in [2.24, 2.45) is 0 Å². The number of aryl methyl sites for hydroxylation is 1. The zero-order chi connectivity index (χ0) is 8.97. The van der Waals surface area contributed by atoms with Crippen molar-refractivity contribution < 1.29 is 18.1 Å². The molecule has 0 N–H and O–H groups in total. The molecule has 4 nitrogen and oxygen atoms in total. The van der Waals surface area contributed by atoms with Gasteiger partial charge in [-0.1, -0.05) is 12.1 Å². The molecule has 1 heterocycles. The molecule has 0 saturated heterocycles. The predicted molar refractivity (Wildman–Crippen MR) is 35.2 cm³/mol. The Morgan fingerprint density at radius 1 is 1.50 bits per heavy atom. The van der Waals surface area contributed by atoms with Crippen LogP contribution in [0.15, 0.2) is 4.63 Å². The molecule has 1 aromatic heterocycles. The standard InChI is InChI=1S/C6H8F2N2O2/c1-2-4-6(10-12-9-4)11-3-5(7)8/h5H,2-3H2,1H3. The number of halogens is 2. The molecule has 0 unspecified atom stereocenters. The zero-order valence-corrected chi connectivity index (χ0v) is 6.46. The van der Waals surface area contributed by atoms with Crippen LogP contribution in [0.5, 0.6) is 5.88 Å². The average molecular weight is 178 g/mol. The first-order valence-electron chi connectivity index (χ1n) is 3.46. The van der Waals surface area contributed by atoms with Gasteiger partial charge in [-0.3, -0.25) is 0 Å². The van der Waals surface area contributed by atoms with Gasteiger partial charge in [0.05, 0.1) is 0 Å². The highest BCUT2D eigenvalue weighted by Gasteiger charge is 2.11. The quantitative estimate of drug-likeness (QED) is 0.696. The van der Waals surface area contributed by atoms with Crippen molar-refractivity contribution in [3.63, 3.8) is 0 Å². The van der Waals surface area contributed by atoms with Gasteiger partial charge >= 0.3 is 0 Å². The molecule has 6 heteroatoms. The Bertz CT molecular complexity index is 239. The van der Waals surface area contributed by atoms with Crippen LogP contribution in [0.1, 0.15) is 12.6 Å². The predicted octanol–water partition coefficient (Wildman–Crippen LogP) is 1.28. The SMILES string of the molecule is CCc1nonc1OCC(F)F. The van der Waals surface area contributed by atoms with Gasteiger partial charge in [0.15, 0.2) is 6.61 Å². The first-order valence-corrected chi connectivity index (χ1v) is 3.46. The minimum Gasteiger partial charge on any atom is -0.468 e. The largest absolute Gasteiger partial charge is 0.468 e. The lowest BCUT2D eigenvalue weighted by molar-refractivity contribution is 0.0770. The Morgan fingerprint density at radius 3 is 2.83 bits per heavy atom. The molecule has 68 valence electrons. The molecule has 1 aromatic rings. The second-order valence-electron chi connectivity index (χ2n) is 2.07. The van der Waals surface area contributed by atoms with Gasteiger partial charge in [-0.2, -0.15) is 0 Å². The fourth-order valence-corrected chi connectivity index (χ4v) is 0.666. The van der Waals surface area contributed by atoms with Crippen molar-refractivity contribution in [2.45, 2.75) is 19.8 Å². The number of nitrogens with zero attached hydrogens (tertiary/aromatic N) is 2. The van der Waals surface area contributed by atoms with Gasteiger partial charge in [0.2, 0.25) is 0 Å². The lowest BCUT2D eigenvalue weighted by atomic mass is 10.4. The Kier molecular flexibility index (Phi) is 2.95. The van der Waals surface area contributed by atoms with Crippen LogP contribution < -0.4 is 4.74 Å². The van der Waals surface area contributed by atoms with Crippen LogP contribution in [-0.4, -0.2) is 23.3 Å². The monoisotopic (exact) mass is 178 g/mol. The van der Waals surface area contributed by atoms with Crippen molar-refractivity contribution in [3.05, 3.63) is 5.69 Å². The number of ether oxygens (including phenoxy) is 1. The van der Waals surface area contributed by atoms with E-state index in [4.69, 9.17) is 0 Å². The summed E-state index contributed by atoms with van der Waals surface area (Å²) in [7, 11) is 0. The first-order chi connectivity index (χ1) is 5.74. The van der Waals surface area contributed by atoms with Crippen molar-refractivity contribution in [3.8, 4) is 5.88 Å². The Hall–Kier alpha value is -1.20. The summed E-state index contributed by atoms with van der Waals surface area (Å²) in [6.45, 7) is 1.12. The molecule has 0 spiro atoms. The summed E-state index contributed by atoms with van der Waals surface area (Å²) in [5, 5.41) is 6.77. The van der Waals surface area contributed by atoms with Crippen LogP contribution in [0.25, 0.3) is 0 Å². The van der Waals surface area contributed by atoms with Gasteiger partial charge in [0.25, 0.3) is 12.3 Å². The second kappa shape index (κ2) is 3.99. The zero-order valence-electron chi connectivity index (χ0n) is 6.46. The normalized spacial score (nSPS) is 10.7. The van der Waals surface area contributed by atoms with Crippen LogP contribution in [0, 0.1) is 0 Å². The molecule has 0 radical (unpaired) electrons. The Morgan fingerprint density at radius 2 is 2.25 bits per heavy atom. The van der Waals surface area contributed by atoms with Gasteiger partial charge in [-0.25, -0.2) is 13.4 Å². The molecule has 0 fully saturated rings. The van der Waals surface area contributed by atoms with Crippen LogP contribution >= 0.6 is 0 Å². The fraction of sp³-hybridized carbons (Fsp3) is 0.667. The lowest BCUT2D eigenvalue weighted by Crippen LogP contribution is -2.08. The highest BCUT2D eigenvalue weighted by atomic mass is 19.3. The van der Waals surface area contributed by atoms with E-state index in [0.29, 0.717) is 12.1 Å². The summed E-state index contributed by atoms with van der Waals surface area (Å²) < 4.78 is 32.2. The van der Waals surface area contributed by atoms with Crippen molar-refractivity contribution in [1.82, 2.24) is 10.3 Å². The van der Waals surface area contributed by atoms with E-state index >= 15 is 0 Å². The molecule has 0 bridgehead atoms. The smallest absolute Gasteiger partial charge is 0.279 e. The van der Waals surface area contributed by atoms with Crippen molar-refractivity contribution in [1.29, 1.82) is 0 Å². The topological polar surface area (TPSA) is 48.2 Å². The number of alkyl halides is 2. The summed E-state index contributed by atoms with van der Waals surface area (Å²) in [6, 6.07) is 0. The van der Waals surface area contributed by atoms with Crippen molar-refractivity contribution in [2.75, 3.05) is 6.61 Å². The van der Waals surface area contributed by atoms with E-state index < -0.39 is 13.0 Å². The minimum atomic E-state index is -2.51. The van der Waals surface area contributed by atoms with E-state index in [2.05, 4.69) is 19.7 Å². The molecular formula is C6H8F2N2O2. The third-order valence-corrected chi connectivity index (χ3v) is 1.20. The summed E-state index contributed by atoms with van der Waals surface area (Å²) in [5.41, 5.74) is 0.454. The molecule has 1 rings (SSSR count). The van der Waals surface area contributed by atoms with Crippen LogP contribution in [0.2, 0.25) is 0 Å². The van der Waals surface area contributed by atoms with Crippen LogP contribution in [0.3, 0.4) is 0 Å². The van der Waals surface area contributed by atoms with Gasteiger partial charge in [0.1, 0.15) is 5.69 Å². The average Bonchev–Trinajstić information content (AvgIpc) is 2.47. The highest BCUT2D eigenvalue weighted by molar-refractivity contribution is 5.13. The number of hydrogen-bond acceptors (Lipinski definition) is 4. The van der Waals surface area contributed by atoms with E-state index in [9.17, 15) is 8.78 Å². The van der Waals surface area contributed by atoms with Gasteiger partial charge < -0.3 is 4.74 Å². The van der Waals surface area contributed by atoms with E-state index in [1.54, 1.807) is 6.92 Å². The summed E-state index contributed by atoms with van der Waals surface area (Å²) in [6.07, 6.45) is -1.96. The molecule has 0 saturated carbocycles. The maximum atomic E-state index is 11.7. The van der Waals surface area contributed by atoms with Crippen molar-refractivity contribution >= 4 is 0 Å². The molecule has 0 aliphatic carbocycles. The fourth-order valence-electron chi connectivity index (χ4n) is 0.666. The molecular weight excluding hydrogens is 170 g/mol. The summed E-state index contributed by atoms with van der Waals surface area (Å²) in [4.78, 5) is 0. The molecule has 0 amide bonds. The molecule has 0 aliphatic heterocycles. The second-order valence-corrected chi connectivity index (χ2v) is 2.07. The molecule has 0 aromatic carbocycles. The molecule has 0 atom stereocenters. The third kappa shape index (κ3) is 2.14.